The molecule has 19 heteroatoms. The van der Waals surface area contributed by atoms with Crippen molar-refractivity contribution >= 4 is 117 Å². The third-order valence-corrected chi connectivity index (χ3v) is 7.62. The predicted molar refractivity (Wildman–Crippen MR) is 228 cm³/mol. The number of aliphatic hydroxyl groups is 1. The number of nitrogens with one attached hydrogen (secondary N) is 2. The van der Waals surface area contributed by atoms with E-state index in [0.29, 0.717) is 44.0 Å². The fourth-order valence-electron chi connectivity index (χ4n) is 3.95. The molecule has 0 unspecified atom stereocenters. The van der Waals surface area contributed by atoms with Crippen LogP contribution in [0.3, 0.4) is 0 Å². The maximum absolute atomic E-state index is 9.62. The molecule has 288 valence electrons. The van der Waals surface area contributed by atoms with E-state index in [1.54, 1.807) is 78.9 Å². The Morgan fingerprint density at radius 3 is 1.37 bits per heavy atom. The Balaban J connectivity index is 0.000000609. The van der Waals surface area contributed by atoms with E-state index in [2.05, 4.69) is 30.6 Å². The van der Waals surface area contributed by atoms with Crippen molar-refractivity contribution in [2.45, 2.75) is 25.7 Å². The summed E-state index contributed by atoms with van der Waals surface area (Å²) in [4.78, 5) is 16.5. The van der Waals surface area contributed by atoms with Gasteiger partial charge >= 0.3 is 0 Å². The summed E-state index contributed by atoms with van der Waals surface area (Å²) < 4.78 is 5.45. The number of nitrogens with two attached hydrogens (primary N) is 4. The number of hydrogen-bond acceptors (Lipinski definition) is 5. The zero-order chi connectivity index (χ0) is 39.2. The third-order valence-electron chi connectivity index (χ3n) is 6.35. The summed E-state index contributed by atoms with van der Waals surface area (Å²) in [5.41, 5.74) is 24.8. The second-order valence-electron chi connectivity index (χ2n) is 10.4. The van der Waals surface area contributed by atoms with Crippen LogP contribution < -0.4 is 38.3 Å². The molecule has 0 amide bonds. The van der Waals surface area contributed by atoms with Gasteiger partial charge in [0.25, 0.3) is 0 Å². The van der Waals surface area contributed by atoms with Crippen molar-refractivity contribution in [3.8, 4) is 17.2 Å². The third kappa shape index (κ3) is 20.0. The fraction of sp³-hybridized carbons (Fsp3) is 0.200. The molecule has 13 nitrogen and oxygen atoms in total. The van der Waals surface area contributed by atoms with Gasteiger partial charge in [-0.05, 0) is 91.7 Å². The standard InChI is InChI=1S/C22H30Cl2N10.C12H7Cl3O2.CH4O.Sn/c23-15-5-9-17(10-6-15)31-21(27)33-19(25)29-13-3-1-2-4-14-30-20(26)34-22(28)32-18-11-7-16(24)8-12-18;13-7-1-3-11(9(15)5-7)17-12-4-2-8(14)6-10(12)16;1-2;/h5-12H,1-4,13-14H2,(H5,25,27,29,31,33)(H5,26,28,30,32,34);1-6,16H;2H,1H3;. The Kier molecular flexibility index (Phi) is 24.0. The number of nitrogens with zero attached hydrogens (tertiary/aromatic N) is 4. The van der Waals surface area contributed by atoms with Gasteiger partial charge in [-0.25, -0.2) is 0 Å². The van der Waals surface area contributed by atoms with E-state index in [-0.39, 0.29) is 59.2 Å². The molecule has 4 radical (unpaired) electrons. The van der Waals surface area contributed by atoms with Gasteiger partial charge in [0.1, 0.15) is 5.75 Å². The van der Waals surface area contributed by atoms with Crippen molar-refractivity contribution in [3.63, 3.8) is 0 Å². The number of unbranched alkanes of at least 4 members (excludes halogenated alkanes) is 3. The summed E-state index contributed by atoms with van der Waals surface area (Å²) in [5, 5.41) is 25.0. The molecule has 4 aromatic rings. The zero-order valence-electron chi connectivity index (χ0n) is 29.1. The Morgan fingerprint density at radius 2 is 0.963 bits per heavy atom. The zero-order valence-corrected chi connectivity index (χ0v) is 35.8. The van der Waals surface area contributed by atoms with Gasteiger partial charge in [-0.1, -0.05) is 70.8 Å². The van der Waals surface area contributed by atoms with Gasteiger partial charge in [-0.2, -0.15) is 9.98 Å². The summed E-state index contributed by atoms with van der Waals surface area (Å²) >= 11 is 29.1. The van der Waals surface area contributed by atoms with Gasteiger partial charge in [0.05, 0.1) is 5.02 Å². The molecule has 0 aliphatic carbocycles. The van der Waals surface area contributed by atoms with E-state index in [0.717, 1.165) is 44.2 Å². The SMILES string of the molecule is CO.NC(=NCCCCCCN=C(N)N=C(N)Nc1ccc(Cl)cc1)N=C(N)Nc1ccc(Cl)cc1.Oc1cc(Cl)ccc1Oc1ccc(Cl)cc1Cl.[Sn]. The maximum atomic E-state index is 9.62. The van der Waals surface area contributed by atoms with Gasteiger partial charge in [0.2, 0.25) is 23.8 Å². The van der Waals surface area contributed by atoms with Crippen molar-refractivity contribution < 1.29 is 14.9 Å². The number of aromatic hydroxyl groups is 1. The van der Waals surface area contributed by atoms with E-state index in [9.17, 15) is 5.11 Å². The van der Waals surface area contributed by atoms with Crippen LogP contribution in [0.2, 0.25) is 25.1 Å². The molecule has 0 saturated carbocycles. The van der Waals surface area contributed by atoms with E-state index in [1.165, 1.54) is 6.07 Å². The van der Waals surface area contributed by atoms with Crippen LogP contribution in [-0.4, -0.2) is 78.2 Å². The molecule has 54 heavy (non-hydrogen) atoms. The minimum Gasteiger partial charge on any atom is -0.504 e. The normalized spacial score (nSPS) is 11.6. The second kappa shape index (κ2) is 26.9. The molecule has 0 aliphatic rings. The molecule has 0 spiro atoms. The molecule has 0 bridgehead atoms. The number of halogens is 5. The topological polar surface area (TPSA) is 227 Å². The minimum atomic E-state index is -0.0523. The van der Waals surface area contributed by atoms with Gasteiger partial charge in [0, 0.05) is 81.6 Å². The van der Waals surface area contributed by atoms with Crippen LogP contribution in [0.25, 0.3) is 0 Å². The number of aliphatic hydroxyl groups excluding tert-OH is 1. The Bertz CT molecular complexity index is 1720. The molecule has 0 heterocycles. The number of anilines is 2. The molecule has 0 aliphatic heterocycles. The van der Waals surface area contributed by atoms with Gasteiger partial charge in [-0.15, -0.1) is 0 Å². The summed E-state index contributed by atoms with van der Waals surface area (Å²) in [6.07, 6.45) is 3.68. The van der Waals surface area contributed by atoms with Gasteiger partial charge in [0.15, 0.2) is 11.5 Å². The van der Waals surface area contributed by atoms with Crippen LogP contribution in [0.1, 0.15) is 25.7 Å². The summed E-state index contributed by atoms with van der Waals surface area (Å²) in [6.45, 7) is 1.12. The number of rotatable bonds is 11. The fourth-order valence-corrected chi connectivity index (χ4v) is 4.82. The number of ether oxygens (including phenoxy) is 1. The molecular weight excluding hydrogens is 904 g/mol. The number of hydrogen-bond donors (Lipinski definition) is 8. The first-order chi connectivity index (χ1) is 25.4. The Labute approximate surface area is 356 Å². The monoisotopic (exact) mass is 944 g/mol. The van der Waals surface area contributed by atoms with Crippen LogP contribution >= 0.6 is 58.0 Å². The molecule has 4 rings (SSSR count). The minimum absolute atomic E-state index is 0. The summed E-state index contributed by atoms with van der Waals surface area (Å²) in [5.74, 6) is 1.20. The van der Waals surface area contributed by atoms with E-state index < -0.39 is 0 Å². The van der Waals surface area contributed by atoms with E-state index >= 15 is 0 Å². The number of guanidine groups is 4. The molecule has 0 atom stereocenters. The number of phenols is 1. The second-order valence-corrected chi connectivity index (χ2v) is 12.6. The van der Waals surface area contributed by atoms with Crippen LogP contribution in [0.15, 0.2) is 105 Å². The first kappa shape index (κ1) is 48.2. The summed E-state index contributed by atoms with van der Waals surface area (Å²) in [7, 11) is 1.00. The van der Waals surface area contributed by atoms with Gasteiger partial charge in [-0.3, -0.25) is 9.98 Å². The number of phenolic OH excluding ortho intramolecular Hbond substituents is 1. The van der Waals surface area contributed by atoms with Crippen molar-refractivity contribution in [3.05, 3.63) is 110 Å². The quantitative estimate of drug-likeness (QED) is 0.0318. The van der Waals surface area contributed by atoms with E-state index in [1.807, 2.05) is 0 Å². The van der Waals surface area contributed by atoms with Crippen molar-refractivity contribution in [1.82, 2.24) is 0 Å². The average molecular weight is 946 g/mol. The Morgan fingerprint density at radius 1 is 0.574 bits per heavy atom. The largest absolute Gasteiger partial charge is 0.504 e. The van der Waals surface area contributed by atoms with Crippen molar-refractivity contribution in [2.24, 2.45) is 42.9 Å². The van der Waals surface area contributed by atoms with Crippen LogP contribution in [0.5, 0.6) is 17.2 Å². The Hall–Kier alpha value is -3.83. The van der Waals surface area contributed by atoms with Crippen molar-refractivity contribution in [2.75, 3.05) is 30.8 Å². The van der Waals surface area contributed by atoms with Crippen LogP contribution in [-0.2, 0) is 0 Å². The average Bonchev–Trinajstić information content (AvgIpc) is 3.11. The number of aliphatic imine (C=N–C) groups is 4. The van der Waals surface area contributed by atoms with Crippen molar-refractivity contribution in [1.29, 1.82) is 0 Å². The molecule has 12 N–H and O–H groups in total. The van der Waals surface area contributed by atoms with E-state index in [4.69, 9.17) is 90.8 Å². The first-order valence-corrected chi connectivity index (χ1v) is 17.7. The molecule has 0 saturated heterocycles. The smallest absolute Gasteiger partial charge is 0.218 e. The molecular formula is C35H41Cl5N10O3Sn. The molecule has 0 aromatic heterocycles. The first-order valence-electron chi connectivity index (χ1n) is 15.8. The molecule has 4 aromatic carbocycles. The van der Waals surface area contributed by atoms with Crippen LogP contribution in [0.4, 0.5) is 11.4 Å². The predicted octanol–water partition coefficient (Wildman–Crippen LogP) is 7.71. The van der Waals surface area contributed by atoms with Gasteiger partial charge < -0.3 is 48.5 Å². The maximum Gasteiger partial charge on any atom is 0.218 e. The van der Waals surface area contributed by atoms with Crippen LogP contribution in [0, 0.1) is 0 Å². The summed E-state index contributed by atoms with van der Waals surface area (Å²) in [6, 6.07) is 23.5. The molecule has 0 fully saturated rings. The number of benzene rings is 4.